The van der Waals surface area contributed by atoms with Crippen molar-refractivity contribution in [1.29, 1.82) is 0 Å². The molecule has 0 N–H and O–H groups in total. The van der Waals surface area contributed by atoms with Crippen molar-refractivity contribution in [3.05, 3.63) is 0 Å². The van der Waals surface area contributed by atoms with Gasteiger partial charge in [0.1, 0.15) is 0 Å². The van der Waals surface area contributed by atoms with Crippen LogP contribution in [0.2, 0.25) is 0 Å². The van der Waals surface area contributed by atoms with Crippen molar-refractivity contribution in [2.45, 2.75) is 13.3 Å². The van der Waals surface area contributed by atoms with Gasteiger partial charge in [-0.05, 0) is 0 Å². The molecule has 0 aliphatic rings. The summed E-state index contributed by atoms with van der Waals surface area (Å²) in [6, 6.07) is 0. The maximum absolute atomic E-state index is 2.26. The van der Waals surface area contributed by atoms with Gasteiger partial charge in [0.05, 0.1) is 0 Å². The molecule has 0 spiro atoms. The monoisotopic (exact) mass is 222 g/mol. The molecule has 0 amide bonds. The Labute approximate surface area is 41.3 Å². The predicted octanol–water partition coefficient (Wildman–Crippen LogP) is 0.745. The van der Waals surface area contributed by atoms with Crippen molar-refractivity contribution in [3.63, 3.8) is 0 Å². The van der Waals surface area contributed by atoms with Crippen LogP contribution >= 0.6 is 0 Å². The normalized spacial score (nSPS) is 6.75. The van der Waals surface area contributed by atoms with Crippen LogP contribution in [0.3, 0.4) is 0 Å². The Morgan fingerprint density at radius 2 is 2.25 bits per heavy atom. The molecule has 0 bridgehead atoms. The molecule has 0 radical (unpaired) electrons. The Bertz CT molecular complexity index is 17.2. The third-order valence-corrected chi connectivity index (χ3v) is 1.67. The van der Waals surface area contributed by atoms with Crippen molar-refractivity contribution < 1.29 is 23.9 Å². The van der Waals surface area contributed by atoms with Crippen LogP contribution in [0.15, 0.2) is 0 Å². The van der Waals surface area contributed by atoms with Gasteiger partial charge >= 0.3 is 41.0 Å². The minimum absolute atomic E-state index is 1.26. The van der Waals surface area contributed by atoms with Gasteiger partial charge in [-0.15, -0.1) is 0 Å². The molecule has 0 aromatic heterocycles. The van der Waals surface area contributed by atoms with E-state index in [1.165, 1.54) is 30.3 Å². The Morgan fingerprint density at radius 3 is 2.25 bits per heavy atom. The Hall–Kier alpha value is 0.740. The minimum atomic E-state index is 1.26. The van der Waals surface area contributed by atoms with E-state index in [2.05, 4.69) is 10.7 Å². The number of hydrogen-bond acceptors (Lipinski definition) is 0. The summed E-state index contributed by atoms with van der Waals surface area (Å²) >= 11 is 1.26. The molecule has 20 valence electrons. The molecular weight excluding hydrogens is 215 g/mol. The molecule has 0 heterocycles. The molecule has 0 fully saturated rings. The van der Waals surface area contributed by atoms with Crippen LogP contribution in [0.25, 0.3) is 0 Å². The zero-order chi connectivity index (χ0) is 3.41. The molecule has 0 aliphatic heterocycles. The first kappa shape index (κ1) is 4.74. The summed E-state index contributed by atoms with van der Waals surface area (Å²) in [6.45, 7) is 2.16. The summed E-state index contributed by atoms with van der Waals surface area (Å²) in [5.41, 5.74) is 0. The zero-order valence-corrected chi connectivity index (χ0v) is 6.38. The van der Waals surface area contributed by atoms with Crippen molar-refractivity contribution in [1.82, 2.24) is 0 Å². The molecule has 0 atom stereocenters. The molecule has 0 aromatic rings. The first-order valence-corrected chi connectivity index (χ1v) is 3.48. The zero-order valence-electron chi connectivity index (χ0n) is 2.78. The van der Waals surface area contributed by atoms with E-state index < -0.39 is 0 Å². The second kappa shape index (κ2) is 3.74. The summed E-state index contributed by atoms with van der Waals surface area (Å²) in [4.78, 5) is 0. The van der Waals surface area contributed by atoms with Gasteiger partial charge in [-0.2, -0.15) is 0 Å². The second-order valence-electron chi connectivity index (χ2n) is 0.612. The predicted molar refractivity (Wildman–Crippen MR) is 16.4 cm³/mol. The molecule has 0 rings (SSSR count). The van der Waals surface area contributed by atoms with Gasteiger partial charge in [-0.1, -0.05) is 0 Å². The van der Waals surface area contributed by atoms with Crippen LogP contribution in [0, 0.1) is 0 Å². The van der Waals surface area contributed by atoms with E-state index in [-0.39, 0.29) is 0 Å². The summed E-state index contributed by atoms with van der Waals surface area (Å²) in [7, 11) is 0. The molecule has 0 aromatic carbocycles. The van der Waals surface area contributed by atoms with E-state index in [0.29, 0.717) is 0 Å². The number of rotatable bonds is 1. The van der Waals surface area contributed by atoms with Crippen LogP contribution in [0.1, 0.15) is 13.3 Å². The molecule has 1 heteroatoms. The van der Waals surface area contributed by atoms with Crippen LogP contribution in [0.4, 0.5) is 0 Å². The first-order chi connectivity index (χ1) is 1.91. The van der Waals surface area contributed by atoms with E-state index in [1.54, 1.807) is 0 Å². The van der Waals surface area contributed by atoms with E-state index in [4.69, 9.17) is 0 Å². The average molecular weight is 221 g/mol. The molecule has 0 unspecified atom stereocenters. The van der Waals surface area contributed by atoms with Gasteiger partial charge in [-0.3, -0.25) is 0 Å². The number of hydrogen-bond donors (Lipinski definition) is 0. The maximum atomic E-state index is 2.26. The van der Waals surface area contributed by atoms with Crippen molar-refractivity contribution >= 4 is 3.76 Å². The SMILES string of the molecule is CC[CH]=[Hf+2]. The van der Waals surface area contributed by atoms with Crippen LogP contribution in [-0.2, 0) is 23.9 Å². The Kier molecular flexibility index (Phi) is 4.43. The fourth-order valence-electron chi connectivity index (χ4n) is 0. The topological polar surface area (TPSA) is 0 Å². The average Bonchev–Trinajstić information content (AvgIpc) is 1.37. The molecule has 0 saturated carbocycles. The molecule has 0 aliphatic carbocycles. The van der Waals surface area contributed by atoms with Crippen LogP contribution in [0.5, 0.6) is 0 Å². The van der Waals surface area contributed by atoms with Gasteiger partial charge in [-0.25, -0.2) is 0 Å². The standard InChI is InChI=1S/C3H6.Hf/c1-3-2;/h1H,3H2,2H3;/q;+2. The van der Waals surface area contributed by atoms with E-state index >= 15 is 0 Å². The van der Waals surface area contributed by atoms with Crippen molar-refractivity contribution in [2.24, 2.45) is 0 Å². The molecule has 0 saturated heterocycles. The summed E-state index contributed by atoms with van der Waals surface area (Å²) < 4.78 is 2.26. The quantitative estimate of drug-likeness (QED) is 0.572. The Morgan fingerprint density at radius 1 is 2.00 bits per heavy atom. The molecular formula is C3H6Hf+2. The second-order valence-corrected chi connectivity index (χ2v) is 2.08. The van der Waals surface area contributed by atoms with Gasteiger partial charge in [0, 0.05) is 0 Å². The van der Waals surface area contributed by atoms with Crippen LogP contribution in [-0.4, -0.2) is 3.76 Å². The third kappa shape index (κ3) is 2.74. The third-order valence-electron chi connectivity index (χ3n) is 0.204. The fourth-order valence-corrected chi connectivity index (χ4v) is 0. The Balaban J connectivity index is 2.30. The summed E-state index contributed by atoms with van der Waals surface area (Å²) in [5, 5.41) is 0. The molecule has 0 nitrogen and oxygen atoms in total. The first-order valence-electron chi connectivity index (χ1n) is 1.40. The van der Waals surface area contributed by atoms with Gasteiger partial charge in [0.15, 0.2) is 0 Å². The van der Waals surface area contributed by atoms with Gasteiger partial charge in [0.2, 0.25) is 0 Å². The van der Waals surface area contributed by atoms with E-state index in [1.807, 2.05) is 0 Å². The van der Waals surface area contributed by atoms with E-state index in [0.717, 1.165) is 0 Å². The fraction of sp³-hybridized carbons (Fsp3) is 0.667. The van der Waals surface area contributed by atoms with Crippen molar-refractivity contribution in [3.8, 4) is 0 Å². The van der Waals surface area contributed by atoms with Gasteiger partial charge < -0.3 is 0 Å². The van der Waals surface area contributed by atoms with E-state index in [9.17, 15) is 0 Å². The van der Waals surface area contributed by atoms with Gasteiger partial charge in [0.25, 0.3) is 0 Å². The molecule has 4 heavy (non-hydrogen) atoms. The van der Waals surface area contributed by atoms with Crippen molar-refractivity contribution in [2.75, 3.05) is 0 Å². The summed E-state index contributed by atoms with van der Waals surface area (Å²) in [5.74, 6) is 0. The summed E-state index contributed by atoms with van der Waals surface area (Å²) in [6.07, 6.45) is 1.26. The van der Waals surface area contributed by atoms with Crippen LogP contribution < -0.4 is 0 Å².